The number of hydrogen-bond acceptors (Lipinski definition) is 4. The van der Waals surface area contributed by atoms with Gasteiger partial charge in [-0.2, -0.15) is 0 Å². The van der Waals surface area contributed by atoms with Crippen LogP contribution in [0.15, 0.2) is 36.5 Å². The molecule has 2 saturated heterocycles. The predicted molar refractivity (Wildman–Crippen MR) is 117 cm³/mol. The minimum Gasteiger partial charge on any atom is -0.353 e. The third-order valence-corrected chi connectivity index (χ3v) is 6.57. The zero-order valence-electron chi connectivity index (χ0n) is 18.7. The fourth-order valence-electron chi connectivity index (χ4n) is 4.66. The zero-order valence-corrected chi connectivity index (χ0v) is 18.7. The number of benzene rings is 1. The molecule has 0 N–H and O–H groups in total. The van der Waals surface area contributed by atoms with Gasteiger partial charge < -0.3 is 9.80 Å². The summed E-state index contributed by atoms with van der Waals surface area (Å²) < 4.78 is 41.3. The lowest BCUT2D eigenvalue weighted by molar-refractivity contribution is -0.136. The Kier molecular flexibility index (Phi) is 6.16. The number of pyridine rings is 1. The molecule has 3 heterocycles. The number of rotatable bonds is 3. The van der Waals surface area contributed by atoms with Crippen LogP contribution in [0.2, 0.25) is 0 Å². The number of piperazine rings is 1. The Morgan fingerprint density at radius 3 is 2.25 bits per heavy atom. The van der Waals surface area contributed by atoms with Crippen LogP contribution >= 0.6 is 0 Å². The summed E-state index contributed by atoms with van der Waals surface area (Å²) in [6, 6.07) is 6.64. The lowest BCUT2D eigenvalue weighted by Crippen LogP contribution is -2.51. The number of nitrogens with zero attached hydrogens (tertiary/aromatic N) is 4. The summed E-state index contributed by atoms with van der Waals surface area (Å²) in [6.45, 7) is 9.52. The molecule has 0 saturated carbocycles. The molecule has 8 heteroatoms. The van der Waals surface area contributed by atoms with E-state index in [-0.39, 0.29) is 23.2 Å². The Hall–Kier alpha value is -2.61. The maximum Gasteiger partial charge on any atom is 0.227 e. The van der Waals surface area contributed by atoms with Crippen molar-refractivity contribution in [1.29, 1.82) is 0 Å². The first-order chi connectivity index (χ1) is 15.1. The Balaban J connectivity index is 1.50. The summed E-state index contributed by atoms with van der Waals surface area (Å²) >= 11 is 0. The fourth-order valence-corrected chi connectivity index (χ4v) is 4.66. The van der Waals surface area contributed by atoms with Crippen molar-refractivity contribution in [3.63, 3.8) is 0 Å². The van der Waals surface area contributed by atoms with Gasteiger partial charge in [-0.1, -0.05) is 6.07 Å². The summed E-state index contributed by atoms with van der Waals surface area (Å²) in [5.74, 6) is -1.65. The summed E-state index contributed by atoms with van der Waals surface area (Å²) in [5.41, 5.74) is 0.224. The highest BCUT2D eigenvalue weighted by atomic mass is 19.1. The zero-order chi connectivity index (χ0) is 23.0. The molecule has 1 aromatic heterocycles. The van der Waals surface area contributed by atoms with E-state index < -0.39 is 17.6 Å². The van der Waals surface area contributed by atoms with E-state index in [1.54, 1.807) is 6.07 Å². The van der Waals surface area contributed by atoms with Gasteiger partial charge in [-0.3, -0.25) is 9.69 Å². The van der Waals surface area contributed by atoms with Crippen LogP contribution in [0, 0.1) is 23.4 Å². The molecule has 1 aromatic carbocycles. The normalized spacial score (nSPS) is 22.4. The van der Waals surface area contributed by atoms with Gasteiger partial charge in [-0.05, 0) is 44.5 Å². The smallest absolute Gasteiger partial charge is 0.227 e. The maximum absolute atomic E-state index is 14.6. The second-order valence-corrected chi connectivity index (χ2v) is 9.60. The number of aromatic nitrogens is 1. The molecule has 32 heavy (non-hydrogen) atoms. The lowest BCUT2D eigenvalue weighted by atomic mass is 9.87. The third kappa shape index (κ3) is 4.60. The number of anilines is 1. The molecular formula is C24H29F3N4O. The molecule has 0 bridgehead atoms. The number of amides is 1. The highest BCUT2D eigenvalue weighted by Gasteiger charge is 2.44. The van der Waals surface area contributed by atoms with Crippen LogP contribution in [0.1, 0.15) is 32.3 Å². The molecule has 172 valence electrons. The molecule has 2 fully saturated rings. The minimum atomic E-state index is -0.620. The van der Waals surface area contributed by atoms with Crippen molar-refractivity contribution in [2.75, 3.05) is 44.2 Å². The van der Waals surface area contributed by atoms with Gasteiger partial charge in [0.2, 0.25) is 5.91 Å². The van der Waals surface area contributed by atoms with Gasteiger partial charge in [0, 0.05) is 56.8 Å². The highest BCUT2D eigenvalue weighted by Crippen LogP contribution is 2.38. The van der Waals surface area contributed by atoms with Crippen LogP contribution in [0.4, 0.5) is 19.0 Å². The summed E-state index contributed by atoms with van der Waals surface area (Å²) in [5, 5.41) is 0. The molecule has 2 atom stereocenters. The van der Waals surface area contributed by atoms with Crippen molar-refractivity contribution in [1.82, 2.24) is 14.8 Å². The van der Waals surface area contributed by atoms with E-state index in [0.717, 1.165) is 6.07 Å². The monoisotopic (exact) mass is 446 g/mol. The first-order valence-corrected chi connectivity index (χ1v) is 11.0. The fraction of sp³-hybridized carbons (Fsp3) is 0.500. The number of likely N-dealkylation sites (tertiary alicyclic amines) is 1. The van der Waals surface area contributed by atoms with Crippen LogP contribution in [-0.2, 0) is 4.79 Å². The van der Waals surface area contributed by atoms with Crippen LogP contribution in [0.5, 0.6) is 0 Å². The number of halogens is 3. The molecule has 4 rings (SSSR count). The molecule has 2 aliphatic rings. The van der Waals surface area contributed by atoms with E-state index in [4.69, 9.17) is 0 Å². The maximum atomic E-state index is 14.6. The molecule has 0 unspecified atom stereocenters. The van der Waals surface area contributed by atoms with Crippen molar-refractivity contribution < 1.29 is 18.0 Å². The van der Waals surface area contributed by atoms with Gasteiger partial charge >= 0.3 is 0 Å². The van der Waals surface area contributed by atoms with Crippen molar-refractivity contribution >= 4 is 11.7 Å². The minimum absolute atomic E-state index is 0.00260. The van der Waals surface area contributed by atoms with E-state index in [1.165, 1.54) is 24.4 Å². The van der Waals surface area contributed by atoms with E-state index >= 15 is 0 Å². The van der Waals surface area contributed by atoms with E-state index in [0.29, 0.717) is 50.6 Å². The predicted octanol–water partition coefficient (Wildman–Crippen LogP) is 3.66. The van der Waals surface area contributed by atoms with Gasteiger partial charge in [0.15, 0.2) is 0 Å². The number of carbonyl (C=O) groups is 1. The van der Waals surface area contributed by atoms with Crippen LogP contribution < -0.4 is 4.90 Å². The Bertz CT molecular complexity index is 968. The summed E-state index contributed by atoms with van der Waals surface area (Å²) in [6.07, 6.45) is 1.19. The standard InChI is InChI=1S/C24H29F3N4O/c1-24(2,3)31-14-19(18-6-4-16(25)12-21(18)27)20(15-31)23(32)30-10-8-29(9-11-30)22-7-5-17(26)13-28-22/h4-7,12-13,19-20H,8-11,14-15H2,1-3H3/t19-,20+/m1/s1. The average molecular weight is 447 g/mol. The van der Waals surface area contributed by atoms with Crippen LogP contribution in [-0.4, -0.2) is 65.5 Å². The van der Waals surface area contributed by atoms with Crippen molar-refractivity contribution in [2.45, 2.75) is 32.2 Å². The topological polar surface area (TPSA) is 39.7 Å². The van der Waals surface area contributed by atoms with Gasteiger partial charge in [0.05, 0.1) is 12.1 Å². The largest absolute Gasteiger partial charge is 0.353 e. The third-order valence-electron chi connectivity index (χ3n) is 6.57. The van der Waals surface area contributed by atoms with Crippen molar-refractivity contribution in [2.24, 2.45) is 5.92 Å². The van der Waals surface area contributed by atoms with E-state index in [2.05, 4.69) is 30.7 Å². The Labute approximate surface area is 186 Å². The highest BCUT2D eigenvalue weighted by molar-refractivity contribution is 5.81. The second kappa shape index (κ2) is 8.73. The molecule has 2 aromatic rings. The van der Waals surface area contributed by atoms with Crippen LogP contribution in [0.25, 0.3) is 0 Å². The molecule has 5 nitrogen and oxygen atoms in total. The SMILES string of the molecule is CC(C)(C)N1C[C@H](C(=O)N2CCN(c3ccc(F)cn3)CC2)[C@@H](c2ccc(F)cc2F)C1. The molecule has 0 aliphatic carbocycles. The average Bonchev–Trinajstić information content (AvgIpc) is 3.20. The number of carbonyl (C=O) groups excluding carboxylic acids is 1. The van der Waals surface area contributed by atoms with Gasteiger partial charge in [-0.15, -0.1) is 0 Å². The quantitative estimate of drug-likeness (QED) is 0.722. The molecule has 0 spiro atoms. The Morgan fingerprint density at radius 2 is 1.66 bits per heavy atom. The lowest BCUT2D eigenvalue weighted by Gasteiger charge is -2.37. The molecular weight excluding hydrogens is 417 g/mol. The summed E-state index contributed by atoms with van der Waals surface area (Å²) in [4.78, 5) is 23.7. The molecule has 0 radical (unpaired) electrons. The first kappa shape index (κ1) is 22.6. The van der Waals surface area contributed by atoms with Crippen molar-refractivity contribution in [3.8, 4) is 0 Å². The molecule has 2 aliphatic heterocycles. The Morgan fingerprint density at radius 1 is 0.969 bits per heavy atom. The van der Waals surface area contributed by atoms with Crippen molar-refractivity contribution in [3.05, 3.63) is 59.5 Å². The van der Waals surface area contributed by atoms with Gasteiger partial charge in [0.25, 0.3) is 0 Å². The van der Waals surface area contributed by atoms with E-state index in [9.17, 15) is 18.0 Å². The first-order valence-electron chi connectivity index (χ1n) is 11.0. The van der Waals surface area contributed by atoms with Gasteiger partial charge in [0.1, 0.15) is 23.3 Å². The second-order valence-electron chi connectivity index (χ2n) is 9.60. The summed E-state index contributed by atoms with van der Waals surface area (Å²) in [7, 11) is 0. The molecule has 1 amide bonds. The van der Waals surface area contributed by atoms with Crippen LogP contribution in [0.3, 0.4) is 0 Å². The number of hydrogen-bond donors (Lipinski definition) is 0. The van der Waals surface area contributed by atoms with Gasteiger partial charge in [-0.25, -0.2) is 18.2 Å². The van der Waals surface area contributed by atoms with E-state index in [1.807, 2.05) is 9.80 Å².